The number of nitrogens with two attached hydrogens (primary N) is 1. The molecule has 1 aromatic rings. The van der Waals surface area contributed by atoms with Crippen molar-refractivity contribution in [3.05, 3.63) is 18.2 Å². The van der Waals surface area contributed by atoms with Gasteiger partial charge in [-0.2, -0.15) is 0 Å². The van der Waals surface area contributed by atoms with E-state index in [1.807, 2.05) is 20.8 Å². The van der Waals surface area contributed by atoms with E-state index < -0.39 is 11.7 Å². The van der Waals surface area contributed by atoms with Gasteiger partial charge in [-0.3, -0.25) is 0 Å². The van der Waals surface area contributed by atoms with E-state index in [9.17, 15) is 4.79 Å². The molecule has 1 aromatic heterocycles. The minimum Gasteiger partial charge on any atom is -0.443 e. The molecular formula is C12H19N3O2. The molecule has 2 rings (SSSR count). The Bertz CT molecular complexity index is 427. The summed E-state index contributed by atoms with van der Waals surface area (Å²) < 4.78 is 6.60. The lowest BCUT2D eigenvalue weighted by Crippen LogP contribution is -2.43. The van der Waals surface area contributed by atoms with Crippen molar-refractivity contribution in [2.75, 3.05) is 0 Å². The monoisotopic (exact) mass is 237 g/mol. The number of ether oxygens (including phenoxy) is 1. The van der Waals surface area contributed by atoms with Crippen LogP contribution in [0.25, 0.3) is 0 Å². The van der Waals surface area contributed by atoms with Gasteiger partial charge in [0.2, 0.25) is 0 Å². The Kier molecular flexibility index (Phi) is 2.73. The smallest absolute Gasteiger partial charge is 0.419 e. The molecule has 0 radical (unpaired) electrons. The van der Waals surface area contributed by atoms with Crippen molar-refractivity contribution in [2.24, 2.45) is 5.73 Å². The Morgan fingerprint density at radius 1 is 1.53 bits per heavy atom. The molecule has 0 aliphatic heterocycles. The van der Waals surface area contributed by atoms with Gasteiger partial charge in [0.1, 0.15) is 11.9 Å². The van der Waals surface area contributed by atoms with E-state index in [1.165, 1.54) is 10.9 Å². The van der Waals surface area contributed by atoms with Crippen molar-refractivity contribution in [3.63, 3.8) is 0 Å². The van der Waals surface area contributed by atoms with Gasteiger partial charge in [-0.15, -0.1) is 0 Å². The summed E-state index contributed by atoms with van der Waals surface area (Å²) in [5.74, 6) is 0. The molecule has 17 heavy (non-hydrogen) atoms. The van der Waals surface area contributed by atoms with Crippen LogP contribution in [0.5, 0.6) is 0 Å². The molecule has 0 amide bonds. The average molecular weight is 237 g/mol. The maximum Gasteiger partial charge on any atom is 0.419 e. The molecule has 5 nitrogen and oxygen atoms in total. The van der Waals surface area contributed by atoms with E-state index in [4.69, 9.17) is 10.5 Å². The molecule has 0 aromatic carbocycles. The van der Waals surface area contributed by atoms with Gasteiger partial charge < -0.3 is 10.5 Å². The van der Waals surface area contributed by atoms with Crippen LogP contribution in [0.15, 0.2) is 12.5 Å². The normalized spacial score (nSPS) is 18.6. The standard InChI is InChI=1S/C12H19N3O2/c1-11(2,3)17-10(16)15-7-9(14-8-15)12(13)5-4-6-12/h7-8H,4-6,13H2,1-3H3. The van der Waals surface area contributed by atoms with E-state index in [0.29, 0.717) is 0 Å². The molecule has 0 unspecified atom stereocenters. The quantitative estimate of drug-likeness (QED) is 0.811. The van der Waals surface area contributed by atoms with Crippen molar-refractivity contribution in [3.8, 4) is 0 Å². The third-order valence-electron chi connectivity index (χ3n) is 2.94. The summed E-state index contributed by atoms with van der Waals surface area (Å²) in [5.41, 5.74) is 6.07. The summed E-state index contributed by atoms with van der Waals surface area (Å²) in [6, 6.07) is 0. The van der Waals surface area contributed by atoms with E-state index >= 15 is 0 Å². The highest BCUT2D eigenvalue weighted by molar-refractivity contribution is 5.70. The molecule has 0 spiro atoms. The van der Waals surface area contributed by atoms with Crippen molar-refractivity contribution < 1.29 is 9.53 Å². The molecule has 1 heterocycles. The van der Waals surface area contributed by atoms with Crippen LogP contribution in [0.2, 0.25) is 0 Å². The fourth-order valence-electron chi connectivity index (χ4n) is 1.81. The van der Waals surface area contributed by atoms with Gasteiger partial charge >= 0.3 is 6.09 Å². The predicted octanol–water partition coefficient (Wildman–Crippen LogP) is 2.00. The number of carbonyl (C=O) groups excluding carboxylic acids is 1. The van der Waals surface area contributed by atoms with E-state index in [1.54, 1.807) is 6.20 Å². The number of hydrogen-bond donors (Lipinski definition) is 1. The summed E-state index contributed by atoms with van der Waals surface area (Å²) in [6.07, 6.45) is 5.70. The zero-order chi connectivity index (χ0) is 12.7. The minimum atomic E-state index is -0.502. The lowest BCUT2D eigenvalue weighted by Gasteiger charge is -2.36. The van der Waals surface area contributed by atoms with Crippen LogP contribution in [-0.4, -0.2) is 21.2 Å². The molecule has 94 valence electrons. The predicted molar refractivity (Wildman–Crippen MR) is 63.6 cm³/mol. The van der Waals surface area contributed by atoms with Gasteiger partial charge in [0.15, 0.2) is 0 Å². The molecular weight excluding hydrogens is 218 g/mol. The van der Waals surface area contributed by atoms with Crippen LogP contribution in [0, 0.1) is 0 Å². The minimum absolute atomic E-state index is 0.340. The second-order valence-electron chi connectivity index (χ2n) is 5.66. The molecule has 0 saturated heterocycles. The number of aromatic nitrogens is 2. The number of carbonyl (C=O) groups is 1. The zero-order valence-electron chi connectivity index (χ0n) is 10.6. The Hall–Kier alpha value is -1.36. The Morgan fingerprint density at radius 3 is 2.65 bits per heavy atom. The molecule has 0 bridgehead atoms. The maximum absolute atomic E-state index is 11.8. The fourth-order valence-corrected chi connectivity index (χ4v) is 1.81. The largest absolute Gasteiger partial charge is 0.443 e. The molecule has 1 aliphatic carbocycles. The summed E-state index contributed by atoms with van der Waals surface area (Å²) in [6.45, 7) is 5.50. The number of nitrogens with zero attached hydrogens (tertiary/aromatic N) is 2. The second-order valence-corrected chi connectivity index (χ2v) is 5.66. The molecule has 1 aliphatic rings. The van der Waals surface area contributed by atoms with Crippen LogP contribution in [0.1, 0.15) is 45.7 Å². The van der Waals surface area contributed by atoms with Crippen molar-refractivity contribution in [1.82, 2.24) is 9.55 Å². The number of rotatable bonds is 1. The summed E-state index contributed by atoms with van der Waals surface area (Å²) in [7, 11) is 0. The summed E-state index contributed by atoms with van der Waals surface area (Å²) in [5, 5.41) is 0. The molecule has 1 saturated carbocycles. The first-order chi connectivity index (χ1) is 7.80. The van der Waals surface area contributed by atoms with E-state index in [0.717, 1.165) is 25.0 Å². The topological polar surface area (TPSA) is 70.1 Å². The average Bonchev–Trinajstić information content (AvgIpc) is 2.60. The first-order valence-electron chi connectivity index (χ1n) is 5.87. The van der Waals surface area contributed by atoms with Crippen LogP contribution in [-0.2, 0) is 10.3 Å². The number of hydrogen-bond acceptors (Lipinski definition) is 4. The highest BCUT2D eigenvalue weighted by Crippen LogP contribution is 2.37. The highest BCUT2D eigenvalue weighted by Gasteiger charge is 2.36. The third-order valence-corrected chi connectivity index (χ3v) is 2.94. The maximum atomic E-state index is 11.8. The third kappa shape index (κ3) is 2.49. The molecule has 0 atom stereocenters. The van der Waals surface area contributed by atoms with Gasteiger partial charge in [-0.05, 0) is 40.0 Å². The van der Waals surface area contributed by atoms with Gasteiger partial charge in [0.05, 0.1) is 11.2 Å². The van der Waals surface area contributed by atoms with Crippen LogP contribution < -0.4 is 5.73 Å². The van der Waals surface area contributed by atoms with Gasteiger partial charge in [-0.25, -0.2) is 14.3 Å². The van der Waals surface area contributed by atoms with Crippen molar-refractivity contribution >= 4 is 6.09 Å². The second kappa shape index (κ2) is 3.84. The van der Waals surface area contributed by atoms with E-state index in [2.05, 4.69) is 4.98 Å². The van der Waals surface area contributed by atoms with Gasteiger partial charge in [0, 0.05) is 6.20 Å². The molecule has 2 N–H and O–H groups in total. The van der Waals surface area contributed by atoms with Crippen LogP contribution >= 0.6 is 0 Å². The lowest BCUT2D eigenvalue weighted by atomic mass is 9.76. The molecule has 5 heteroatoms. The SMILES string of the molecule is CC(C)(C)OC(=O)n1cnc(C2(N)CCC2)c1. The van der Waals surface area contributed by atoms with Crippen LogP contribution in [0.4, 0.5) is 4.79 Å². The lowest BCUT2D eigenvalue weighted by molar-refractivity contribution is 0.0536. The Labute approximate surface area is 101 Å². The Balaban J connectivity index is 2.10. The molecule has 1 fully saturated rings. The summed E-state index contributed by atoms with van der Waals surface area (Å²) >= 11 is 0. The van der Waals surface area contributed by atoms with Crippen LogP contribution in [0.3, 0.4) is 0 Å². The van der Waals surface area contributed by atoms with Crippen molar-refractivity contribution in [1.29, 1.82) is 0 Å². The van der Waals surface area contributed by atoms with Crippen molar-refractivity contribution in [2.45, 2.75) is 51.2 Å². The fraction of sp³-hybridized carbons (Fsp3) is 0.667. The Morgan fingerprint density at radius 2 is 2.18 bits per heavy atom. The number of imidazole rings is 1. The zero-order valence-corrected chi connectivity index (χ0v) is 10.6. The summed E-state index contributed by atoms with van der Waals surface area (Å²) in [4.78, 5) is 16.0. The van der Waals surface area contributed by atoms with Gasteiger partial charge in [-0.1, -0.05) is 0 Å². The van der Waals surface area contributed by atoms with E-state index in [-0.39, 0.29) is 5.54 Å². The highest BCUT2D eigenvalue weighted by atomic mass is 16.6. The van der Waals surface area contributed by atoms with Gasteiger partial charge in [0.25, 0.3) is 0 Å². The first kappa shape index (κ1) is 12.1. The first-order valence-corrected chi connectivity index (χ1v) is 5.87.